The van der Waals surface area contributed by atoms with Gasteiger partial charge in [0.25, 0.3) is 0 Å². The van der Waals surface area contributed by atoms with E-state index in [1.54, 1.807) is 29.3 Å². The van der Waals surface area contributed by atoms with E-state index in [2.05, 4.69) is 15.1 Å². The molecule has 0 atom stereocenters. The van der Waals surface area contributed by atoms with Crippen molar-refractivity contribution in [3.63, 3.8) is 0 Å². The zero-order chi connectivity index (χ0) is 20.7. The lowest BCUT2D eigenvalue weighted by atomic mass is 10.1. The zero-order valence-electron chi connectivity index (χ0n) is 16.0. The number of hydrogen-bond acceptors (Lipinski definition) is 6. The van der Waals surface area contributed by atoms with Crippen LogP contribution in [-0.2, 0) is 21.2 Å². The number of benzene rings is 1. The van der Waals surface area contributed by atoms with Crippen LogP contribution in [0, 0.1) is 0 Å². The molecule has 0 unspecified atom stereocenters. The molecule has 0 aliphatic carbocycles. The van der Waals surface area contributed by atoms with Gasteiger partial charge in [-0.2, -0.15) is 4.31 Å². The molecule has 30 heavy (non-hydrogen) atoms. The lowest BCUT2D eigenvalue weighted by Crippen LogP contribution is -2.50. The summed E-state index contributed by atoms with van der Waals surface area (Å²) in [5, 5.41) is 5.39. The van der Waals surface area contributed by atoms with E-state index in [-0.39, 0.29) is 30.3 Å². The average molecular weight is 425 g/mol. The normalized spacial score (nSPS) is 15.8. The maximum Gasteiger partial charge on any atom is 0.245 e. The van der Waals surface area contributed by atoms with Crippen LogP contribution in [0.3, 0.4) is 0 Å². The van der Waals surface area contributed by atoms with Crippen molar-refractivity contribution in [3.05, 3.63) is 54.5 Å². The van der Waals surface area contributed by atoms with Crippen LogP contribution < -0.4 is 0 Å². The van der Waals surface area contributed by atoms with Gasteiger partial charge in [0.2, 0.25) is 15.9 Å². The van der Waals surface area contributed by atoms with E-state index < -0.39 is 10.0 Å². The summed E-state index contributed by atoms with van der Waals surface area (Å²) < 4.78 is 32.9. The predicted molar refractivity (Wildman–Crippen MR) is 109 cm³/mol. The molecular formula is C20H19N5O4S. The van der Waals surface area contributed by atoms with Crippen LogP contribution in [0.5, 0.6) is 0 Å². The van der Waals surface area contributed by atoms with Gasteiger partial charge >= 0.3 is 0 Å². The summed E-state index contributed by atoms with van der Waals surface area (Å²) in [6.45, 7) is 1.13. The van der Waals surface area contributed by atoms with Gasteiger partial charge in [0.1, 0.15) is 16.2 Å². The summed E-state index contributed by atoms with van der Waals surface area (Å²) in [6, 6.07) is 10.8. The fraction of sp³-hybridized carbons (Fsp3) is 0.250. The van der Waals surface area contributed by atoms with Gasteiger partial charge in [-0.3, -0.25) is 4.79 Å². The summed E-state index contributed by atoms with van der Waals surface area (Å²) >= 11 is 0. The fourth-order valence-corrected chi connectivity index (χ4v) is 5.35. The number of sulfonamides is 1. The molecule has 4 aromatic rings. The van der Waals surface area contributed by atoms with Crippen LogP contribution in [0.25, 0.3) is 22.0 Å². The molecular weight excluding hydrogens is 406 g/mol. The number of H-pyrrole nitrogens is 1. The number of nitrogens with one attached hydrogen (secondary N) is 1. The van der Waals surface area contributed by atoms with Crippen molar-refractivity contribution in [2.45, 2.75) is 11.3 Å². The van der Waals surface area contributed by atoms with E-state index in [1.165, 1.54) is 10.5 Å². The minimum atomic E-state index is -3.68. The second-order valence-corrected chi connectivity index (χ2v) is 9.05. The third-order valence-electron chi connectivity index (χ3n) is 5.39. The molecule has 5 rings (SSSR count). The summed E-state index contributed by atoms with van der Waals surface area (Å²) in [5.41, 5.74) is 1.77. The van der Waals surface area contributed by atoms with Gasteiger partial charge in [-0.05, 0) is 24.3 Å². The Kier molecular flexibility index (Phi) is 4.52. The van der Waals surface area contributed by atoms with Gasteiger partial charge < -0.3 is 14.4 Å². The predicted octanol–water partition coefficient (Wildman–Crippen LogP) is 1.78. The first-order valence-electron chi connectivity index (χ1n) is 9.57. The number of nitrogens with zero attached hydrogens (tertiary/aromatic N) is 4. The van der Waals surface area contributed by atoms with E-state index in [9.17, 15) is 13.2 Å². The molecule has 9 nitrogen and oxygen atoms in total. The van der Waals surface area contributed by atoms with Gasteiger partial charge in [-0.25, -0.2) is 13.4 Å². The molecule has 1 saturated heterocycles. The highest BCUT2D eigenvalue weighted by Gasteiger charge is 2.32. The number of pyridine rings is 1. The van der Waals surface area contributed by atoms with Gasteiger partial charge in [-0.15, -0.1) is 0 Å². The van der Waals surface area contributed by atoms with Crippen molar-refractivity contribution in [2.24, 2.45) is 0 Å². The van der Waals surface area contributed by atoms with E-state index in [0.717, 1.165) is 5.39 Å². The average Bonchev–Trinajstić information content (AvgIpc) is 3.39. The maximum absolute atomic E-state index is 13.1. The summed E-state index contributed by atoms with van der Waals surface area (Å²) in [6.07, 6.45) is 3.20. The molecule has 1 fully saturated rings. The van der Waals surface area contributed by atoms with Crippen LogP contribution in [0.2, 0.25) is 0 Å². The topological polar surface area (TPSA) is 112 Å². The Hall–Kier alpha value is -3.24. The van der Waals surface area contributed by atoms with Crippen molar-refractivity contribution in [3.8, 4) is 0 Å². The van der Waals surface area contributed by atoms with Crippen molar-refractivity contribution in [1.29, 1.82) is 0 Å². The molecule has 0 spiro atoms. The molecule has 1 aliphatic heterocycles. The third kappa shape index (κ3) is 3.14. The quantitative estimate of drug-likeness (QED) is 0.533. The molecule has 1 aliphatic rings. The highest BCUT2D eigenvalue weighted by Crippen LogP contribution is 2.25. The number of aromatic amines is 1. The molecule has 1 amide bonds. The monoisotopic (exact) mass is 425 g/mol. The number of hydrogen-bond donors (Lipinski definition) is 1. The Morgan fingerprint density at radius 3 is 2.67 bits per heavy atom. The number of carbonyl (C=O) groups is 1. The molecule has 10 heteroatoms. The van der Waals surface area contributed by atoms with Crippen LogP contribution in [-0.4, -0.2) is 64.8 Å². The van der Waals surface area contributed by atoms with Crippen molar-refractivity contribution >= 4 is 37.9 Å². The van der Waals surface area contributed by atoms with E-state index in [4.69, 9.17) is 4.52 Å². The minimum absolute atomic E-state index is 0.0950. The molecule has 4 heterocycles. The minimum Gasteiger partial charge on any atom is -0.356 e. The number of carbonyl (C=O) groups excluding carboxylic acids is 1. The number of rotatable bonds is 4. The third-order valence-corrected chi connectivity index (χ3v) is 7.33. The largest absolute Gasteiger partial charge is 0.356 e. The zero-order valence-corrected chi connectivity index (χ0v) is 16.8. The maximum atomic E-state index is 13.1. The molecule has 1 aromatic carbocycles. The van der Waals surface area contributed by atoms with E-state index >= 15 is 0 Å². The second-order valence-electron chi connectivity index (χ2n) is 7.14. The van der Waals surface area contributed by atoms with Crippen LogP contribution in [0.1, 0.15) is 5.69 Å². The highest BCUT2D eigenvalue weighted by molar-refractivity contribution is 7.89. The Bertz CT molecular complexity index is 1340. The van der Waals surface area contributed by atoms with Gasteiger partial charge in [-0.1, -0.05) is 17.3 Å². The Labute approximate surface area is 172 Å². The number of amides is 1. The van der Waals surface area contributed by atoms with Crippen LogP contribution >= 0.6 is 0 Å². The Morgan fingerprint density at radius 2 is 1.83 bits per heavy atom. The summed E-state index contributed by atoms with van der Waals surface area (Å²) in [5.74, 6) is -0.0950. The first-order valence-corrected chi connectivity index (χ1v) is 11.0. The standard InChI is InChI=1S/C20H19N5O4S/c26-19(12-16-14-4-1-2-6-17(14)29-23-16)24-8-10-25(11-9-24)30(27,28)18-13-22-20-15(18)5-3-7-21-20/h1-7,13H,8-12H2,(H,21,22). The Morgan fingerprint density at radius 1 is 1.07 bits per heavy atom. The van der Waals surface area contributed by atoms with Gasteiger partial charge in [0.05, 0.1) is 6.42 Å². The number of piperazine rings is 1. The summed E-state index contributed by atoms with van der Waals surface area (Å²) in [7, 11) is -3.68. The number of aromatic nitrogens is 3. The first kappa shape index (κ1) is 18.8. The van der Waals surface area contributed by atoms with Gasteiger partial charge in [0, 0.05) is 49.3 Å². The van der Waals surface area contributed by atoms with Gasteiger partial charge in [0.15, 0.2) is 5.58 Å². The number of fused-ring (bicyclic) bond motifs is 2. The fourth-order valence-electron chi connectivity index (χ4n) is 3.78. The molecule has 154 valence electrons. The Balaban J connectivity index is 1.28. The second kappa shape index (κ2) is 7.22. The molecule has 0 radical (unpaired) electrons. The smallest absolute Gasteiger partial charge is 0.245 e. The lowest BCUT2D eigenvalue weighted by molar-refractivity contribution is -0.131. The molecule has 0 saturated carbocycles. The molecule has 1 N–H and O–H groups in total. The number of para-hydroxylation sites is 1. The molecule has 0 bridgehead atoms. The lowest BCUT2D eigenvalue weighted by Gasteiger charge is -2.33. The molecule has 3 aromatic heterocycles. The highest BCUT2D eigenvalue weighted by atomic mass is 32.2. The summed E-state index contributed by atoms with van der Waals surface area (Å²) in [4.78, 5) is 21.7. The van der Waals surface area contributed by atoms with E-state index in [1.807, 2.05) is 18.2 Å². The van der Waals surface area contributed by atoms with Crippen molar-refractivity contribution in [2.75, 3.05) is 26.2 Å². The van der Waals surface area contributed by atoms with Crippen LogP contribution in [0.4, 0.5) is 0 Å². The van der Waals surface area contributed by atoms with Crippen LogP contribution in [0.15, 0.2) is 58.2 Å². The van der Waals surface area contributed by atoms with Crippen molar-refractivity contribution < 1.29 is 17.7 Å². The first-order chi connectivity index (χ1) is 14.5. The SMILES string of the molecule is O=C(Cc1noc2ccccc12)N1CCN(S(=O)(=O)c2c[nH]c3ncccc23)CC1. The van der Waals surface area contributed by atoms with Crippen molar-refractivity contribution in [1.82, 2.24) is 24.3 Å². The van der Waals surface area contributed by atoms with E-state index in [0.29, 0.717) is 35.4 Å².